The number of halogens is 1. The van der Waals surface area contributed by atoms with Crippen molar-refractivity contribution in [2.45, 2.75) is 59.3 Å². The highest BCUT2D eigenvalue weighted by Gasteiger charge is 2.38. The molecule has 4 rings (SSSR count). The summed E-state index contributed by atoms with van der Waals surface area (Å²) in [4.78, 5) is 37.8. The summed E-state index contributed by atoms with van der Waals surface area (Å²) in [7, 11) is 0. The fraction of sp³-hybridized carbons (Fsp3) is 0.382. The lowest BCUT2D eigenvalue weighted by molar-refractivity contribution is -0.384. The summed E-state index contributed by atoms with van der Waals surface area (Å²) in [5.74, 6) is -1.93. The van der Waals surface area contributed by atoms with Crippen molar-refractivity contribution in [1.29, 1.82) is 0 Å². The lowest BCUT2D eigenvalue weighted by Gasteiger charge is -2.30. The third kappa shape index (κ3) is 8.80. The Labute approximate surface area is 267 Å². The molecule has 1 aliphatic heterocycles. The Morgan fingerprint density at radius 2 is 1.61 bits per heavy atom. The third-order valence-electron chi connectivity index (χ3n) is 7.37. The Morgan fingerprint density at radius 3 is 2.28 bits per heavy atom. The van der Waals surface area contributed by atoms with E-state index in [1.54, 1.807) is 38.1 Å². The fourth-order valence-electron chi connectivity index (χ4n) is 5.16. The molecule has 1 unspecified atom stereocenters. The quantitative estimate of drug-likeness (QED) is 0.0803. The lowest BCUT2D eigenvalue weighted by Crippen LogP contribution is -2.33. The number of rotatable bonds is 15. The molecule has 2 aromatic carbocycles. The van der Waals surface area contributed by atoms with Crippen LogP contribution in [0.5, 0.6) is 5.88 Å². The maximum absolute atomic E-state index is 13.5. The van der Waals surface area contributed by atoms with Crippen LogP contribution in [0.4, 0.5) is 10.1 Å². The van der Waals surface area contributed by atoms with Crippen molar-refractivity contribution in [3.63, 3.8) is 0 Å². The first kappa shape index (κ1) is 33.9. The van der Waals surface area contributed by atoms with E-state index in [0.717, 1.165) is 19.3 Å². The number of unbranched alkanes of at least 4 members (excludes halogenated alkanes) is 3. The van der Waals surface area contributed by atoms with Crippen molar-refractivity contribution in [3.05, 3.63) is 98.6 Å². The van der Waals surface area contributed by atoms with Gasteiger partial charge in [0.15, 0.2) is 0 Å². The zero-order valence-corrected chi connectivity index (χ0v) is 26.4. The Morgan fingerprint density at radius 1 is 0.935 bits per heavy atom. The number of aromatic nitrogens is 2. The molecule has 3 aromatic rings. The van der Waals surface area contributed by atoms with Crippen LogP contribution in [0.2, 0.25) is 0 Å². The van der Waals surface area contributed by atoms with Crippen LogP contribution in [0.15, 0.2) is 77.1 Å². The summed E-state index contributed by atoms with van der Waals surface area (Å²) < 4.78 is 30.4. The van der Waals surface area contributed by atoms with Gasteiger partial charge in [-0.2, -0.15) is 0 Å². The van der Waals surface area contributed by atoms with Crippen molar-refractivity contribution in [3.8, 4) is 17.1 Å². The molecule has 0 spiro atoms. The molecule has 0 radical (unpaired) electrons. The van der Waals surface area contributed by atoms with E-state index in [4.69, 9.17) is 14.2 Å². The number of H-pyrrole nitrogens is 1. The number of nitro benzene ring substituents is 1. The van der Waals surface area contributed by atoms with E-state index in [9.17, 15) is 24.1 Å². The molecular weight excluding hydrogens is 595 g/mol. The smallest absolute Gasteiger partial charge is 0.336 e. The first-order valence-electron chi connectivity index (χ1n) is 15.3. The molecule has 0 saturated heterocycles. The second kappa shape index (κ2) is 15.8. The minimum Gasteiger partial charge on any atom is -0.477 e. The number of hydrogen-bond acceptors (Lipinski definition) is 9. The van der Waals surface area contributed by atoms with E-state index in [0.29, 0.717) is 47.1 Å². The molecule has 0 amide bonds. The van der Waals surface area contributed by atoms with Crippen molar-refractivity contribution < 1.29 is 33.1 Å². The van der Waals surface area contributed by atoms with E-state index in [2.05, 4.69) is 15.5 Å². The topological polar surface area (TPSA) is 146 Å². The van der Waals surface area contributed by atoms with Gasteiger partial charge in [0.2, 0.25) is 5.88 Å². The van der Waals surface area contributed by atoms with Gasteiger partial charge in [-0.05, 0) is 63.1 Å². The van der Waals surface area contributed by atoms with E-state index < -0.39 is 22.8 Å². The first-order chi connectivity index (χ1) is 22.0. The number of carbonyl (C=O) groups excluding carboxylic acids is 2. The highest BCUT2D eigenvalue weighted by atomic mass is 19.1. The number of esters is 2. The molecule has 11 nitrogen and oxygen atoms in total. The number of nitro groups is 1. The van der Waals surface area contributed by atoms with Gasteiger partial charge in [0, 0.05) is 35.2 Å². The van der Waals surface area contributed by atoms with Gasteiger partial charge in [0.05, 0.1) is 47.5 Å². The number of dihydropyridines is 1. The van der Waals surface area contributed by atoms with E-state index in [1.807, 2.05) is 13.8 Å². The second-order valence-corrected chi connectivity index (χ2v) is 11.5. The maximum atomic E-state index is 13.5. The Bertz CT molecular complexity index is 1630. The molecule has 1 aliphatic rings. The van der Waals surface area contributed by atoms with Crippen molar-refractivity contribution in [2.75, 3.05) is 19.8 Å². The molecule has 2 heterocycles. The van der Waals surface area contributed by atoms with Crippen LogP contribution < -0.4 is 10.1 Å². The average Bonchev–Trinajstić information content (AvgIpc) is 3.49. The van der Waals surface area contributed by atoms with Gasteiger partial charge in [-0.3, -0.25) is 15.2 Å². The Hall–Kier alpha value is -5.00. The maximum Gasteiger partial charge on any atom is 0.336 e. The predicted octanol–water partition coefficient (Wildman–Crippen LogP) is 6.74. The zero-order valence-electron chi connectivity index (χ0n) is 26.4. The van der Waals surface area contributed by atoms with Crippen LogP contribution in [0.25, 0.3) is 11.3 Å². The van der Waals surface area contributed by atoms with Gasteiger partial charge in [-0.1, -0.05) is 38.1 Å². The molecule has 1 atom stereocenters. The first-order valence-corrected chi connectivity index (χ1v) is 15.3. The molecule has 46 heavy (non-hydrogen) atoms. The minimum absolute atomic E-state index is 0.0934. The van der Waals surface area contributed by atoms with Gasteiger partial charge < -0.3 is 19.5 Å². The average molecular weight is 635 g/mol. The Balaban J connectivity index is 1.32. The van der Waals surface area contributed by atoms with E-state index >= 15 is 0 Å². The third-order valence-corrected chi connectivity index (χ3v) is 7.37. The van der Waals surface area contributed by atoms with Gasteiger partial charge in [0.1, 0.15) is 5.82 Å². The molecule has 0 fully saturated rings. The van der Waals surface area contributed by atoms with Gasteiger partial charge >= 0.3 is 11.9 Å². The van der Waals surface area contributed by atoms with Crippen molar-refractivity contribution >= 4 is 17.6 Å². The van der Waals surface area contributed by atoms with Gasteiger partial charge in [-0.15, -0.1) is 5.10 Å². The van der Waals surface area contributed by atoms with Crippen LogP contribution in [-0.2, 0) is 19.1 Å². The highest BCUT2D eigenvalue weighted by Crippen LogP contribution is 2.40. The normalized spacial score (nSPS) is 14.7. The molecule has 12 heteroatoms. The summed E-state index contributed by atoms with van der Waals surface area (Å²) in [5.41, 5.74) is 3.00. The summed E-state index contributed by atoms with van der Waals surface area (Å²) >= 11 is 0. The highest BCUT2D eigenvalue weighted by molar-refractivity contribution is 6.00. The number of carbonyl (C=O) groups is 2. The zero-order chi connectivity index (χ0) is 33.2. The van der Waals surface area contributed by atoms with Crippen LogP contribution in [0.1, 0.15) is 64.9 Å². The molecule has 2 N–H and O–H groups in total. The minimum atomic E-state index is -0.908. The summed E-state index contributed by atoms with van der Waals surface area (Å²) in [6, 6.07) is 13.8. The van der Waals surface area contributed by atoms with E-state index in [-0.39, 0.29) is 41.8 Å². The SMILES string of the molecule is CC1=C(C(=O)OCCCCCCOc2cc(-c3cccc(F)c3)[nH]n2)C(c2cccc([N+](=O)[O-])c2)C(C(=O)OCC(C)C)=C(C)N1. The number of allylic oxidation sites excluding steroid dienone is 2. The fourth-order valence-corrected chi connectivity index (χ4v) is 5.16. The molecule has 0 bridgehead atoms. The Kier molecular flexibility index (Phi) is 11.7. The van der Waals surface area contributed by atoms with Crippen LogP contribution in [-0.4, -0.2) is 46.9 Å². The van der Waals surface area contributed by atoms with Crippen LogP contribution in [0, 0.1) is 21.8 Å². The van der Waals surface area contributed by atoms with Crippen molar-refractivity contribution in [2.24, 2.45) is 5.92 Å². The predicted molar refractivity (Wildman–Crippen MR) is 169 cm³/mol. The monoisotopic (exact) mass is 634 g/mol. The molecule has 0 aliphatic carbocycles. The summed E-state index contributed by atoms with van der Waals surface area (Å²) in [6.45, 7) is 8.03. The number of benzene rings is 2. The number of ether oxygens (including phenoxy) is 3. The number of non-ortho nitro benzene ring substituents is 1. The lowest BCUT2D eigenvalue weighted by atomic mass is 9.80. The molecular formula is C34H39FN4O7. The second-order valence-electron chi connectivity index (χ2n) is 11.5. The number of nitrogens with one attached hydrogen (secondary N) is 2. The number of hydrogen-bond donors (Lipinski definition) is 2. The summed E-state index contributed by atoms with van der Waals surface area (Å²) in [6.07, 6.45) is 2.97. The van der Waals surface area contributed by atoms with Gasteiger partial charge in [-0.25, -0.2) is 14.0 Å². The number of nitrogens with zero attached hydrogens (tertiary/aromatic N) is 2. The molecule has 0 saturated carbocycles. The summed E-state index contributed by atoms with van der Waals surface area (Å²) in [5, 5.41) is 21.6. The van der Waals surface area contributed by atoms with Gasteiger partial charge in [0.25, 0.3) is 5.69 Å². The van der Waals surface area contributed by atoms with E-state index in [1.165, 1.54) is 30.3 Å². The number of aromatic amines is 1. The standard InChI is InChI=1S/C34H39FN4O7/c1-21(2)20-46-34(41)31-23(4)36-22(3)30(32(31)25-12-10-14-27(18-25)39(42)43)33(40)45-16-8-6-5-7-15-44-29-19-28(37-38-29)24-11-9-13-26(35)17-24/h9-14,17-19,21,32,36H,5-8,15-16,20H2,1-4H3,(H,37,38). The van der Waals surface area contributed by atoms with Crippen LogP contribution >= 0.6 is 0 Å². The molecule has 1 aromatic heterocycles. The largest absolute Gasteiger partial charge is 0.477 e. The molecule has 244 valence electrons. The van der Waals surface area contributed by atoms with Crippen LogP contribution in [0.3, 0.4) is 0 Å². The van der Waals surface area contributed by atoms with Crippen molar-refractivity contribution in [1.82, 2.24) is 15.5 Å².